The van der Waals surface area contributed by atoms with E-state index in [-0.39, 0.29) is 6.17 Å². The quantitative estimate of drug-likeness (QED) is 0.857. The van der Waals surface area contributed by atoms with Crippen molar-refractivity contribution in [1.82, 2.24) is 20.3 Å². The van der Waals surface area contributed by atoms with Crippen LogP contribution >= 0.6 is 0 Å². The minimum atomic E-state index is 0.108. The fourth-order valence-electron chi connectivity index (χ4n) is 3.73. The molecule has 4 rings (SSSR count). The molecule has 2 aromatic rings. The van der Waals surface area contributed by atoms with Crippen LogP contribution in [0.5, 0.6) is 0 Å². The van der Waals surface area contributed by atoms with Gasteiger partial charge in [-0.2, -0.15) is 10.2 Å². The molecule has 2 aliphatic rings. The van der Waals surface area contributed by atoms with Gasteiger partial charge in [0.25, 0.3) is 0 Å². The third kappa shape index (κ3) is 3.46. The maximum atomic E-state index is 9.44. The average Bonchev–Trinajstić information content (AvgIpc) is 3.38. The van der Waals surface area contributed by atoms with Gasteiger partial charge in [0.2, 0.25) is 5.95 Å². The zero-order valence-electron chi connectivity index (χ0n) is 14.7. The van der Waals surface area contributed by atoms with Crippen LogP contribution in [0.3, 0.4) is 0 Å². The molecule has 0 bridgehead atoms. The van der Waals surface area contributed by atoms with Gasteiger partial charge in [-0.1, -0.05) is 18.9 Å². The van der Waals surface area contributed by atoms with Gasteiger partial charge < -0.3 is 5.32 Å². The van der Waals surface area contributed by atoms with Crippen LogP contribution in [0.15, 0.2) is 30.6 Å². The predicted octanol–water partition coefficient (Wildman–Crippen LogP) is 2.95. The van der Waals surface area contributed by atoms with E-state index < -0.39 is 0 Å². The molecule has 1 saturated carbocycles. The van der Waals surface area contributed by atoms with Gasteiger partial charge in [-0.15, -0.1) is 0 Å². The highest BCUT2D eigenvalue weighted by atomic mass is 15.4. The van der Waals surface area contributed by atoms with Crippen LogP contribution in [0.25, 0.3) is 0 Å². The Kier molecular flexibility index (Phi) is 4.93. The highest BCUT2D eigenvalue weighted by Gasteiger charge is 2.27. The first-order chi connectivity index (χ1) is 12.8. The van der Waals surface area contributed by atoms with Crippen LogP contribution < -0.4 is 15.5 Å². The Morgan fingerprint density at radius 2 is 2.04 bits per heavy atom. The fraction of sp³-hybridized carbons (Fsp3) is 0.474. The van der Waals surface area contributed by atoms with Crippen LogP contribution in [0.2, 0.25) is 0 Å². The minimum absolute atomic E-state index is 0.108. The summed E-state index contributed by atoms with van der Waals surface area (Å²) >= 11 is 0. The number of nitrogens with one attached hydrogen (secondary N) is 2. The van der Waals surface area contributed by atoms with E-state index >= 15 is 0 Å². The molecule has 134 valence electrons. The van der Waals surface area contributed by atoms with Gasteiger partial charge in [0.05, 0.1) is 12.4 Å². The fourth-order valence-corrected chi connectivity index (χ4v) is 3.73. The minimum Gasteiger partial charge on any atom is -0.366 e. The van der Waals surface area contributed by atoms with Crippen molar-refractivity contribution in [1.29, 1.82) is 5.26 Å². The van der Waals surface area contributed by atoms with Gasteiger partial charge in [-0.05, 0) is 44.4 Å². The van der Waals surface area contributed by atoms with E-state index in [4.69, 9.17) is 4.98 Å². The van der Waals surface area contributed by atoms with Crippen molar-refractivity contribution in [2.75, 3.05) is 16.8 Å². The van der Waals surface area contributed by atoms with Crippen molar-refractivity contribution < 1.29 is 0 Å². The third-order valence-corrected chi connectivity index (χ3v) is 5.05. The summed E-state index contributed by atoms with van der Waals surface area (Å²) in [5.74, 6) is 2.01. The topological polar surface area (TPSA) is 89.8 Å². The average molecular weight is 349 g/mol. The summed E-state index contributed by atoms with van der Waals surface area (Å²) < 4.78 is 0. The predicted molar refractivity (Wildman–Crippen MR) is 100 cm³/mol. The molecule has 2 aromatic heterocycles. The second-order valence-corrected chi connectivity index (χ2v) is 6.84. The van der Waals surface area contributed by atoms with Crippen molar-refractivity contribution >= 4 is 17.6 Å². The summed E-state index contributed by atoms with van der Waals surface area (Å²) in [6, 6.07) is 8.42. The lowest BCUT2D eigenvalue weighted by Gasteiger charge is -2.28. The van der Waals surface area contributed by atoms with E-state index in [1.165, 1.54) is 12.8 Å². The van der Waals surface area contributed by atoms with Crippen LogP contribution in [0.4, 0.5) is 17.6 Å². The molecule has 0 spiro atoms. The molecule has 0 aromatic carbocycles. The molecule has 26 heavy (non-hydrogen) atoms. The lowest BCUT2D eigenvalue weighted by molar-refractivity contribution is 0.598. The maximum Gasteiger partial charge on any atom is 0.234 e. The summed E-state index contributed by atoms with van der Waals surface area (Å²) in [6.07, 6.45) is 10.3. The van der Waals surface area contributed by atoms with Crippen LogP contribution in [-0.2, 0) is 0 Å². The molecule has 0 radical (unpaired) electrons. The van der Waals surface area contributed by atoms with Crippen molar-refractivity contribution in [3.63, 3.8) is 0 Å². The summed E-state index contributed by atoms with van der Waals surface area (Å²) in [6.45, 7) is 0.970. The zero-order valence-corrected chi connectivity index (χ0v) is 14.7. The molecular weight excluding hydrogens is 326 g/mol. The number of pyridine rings is 1. The number of hydrogen-bond donors (Lipinski definition) is 2. The largest absolute Gasteiger partial charge is 0.366 e. The number of rotatable bonds is 5. The van der Waals surface area contributed by atoms with E-state index in [9.17, 15) is 5.26 Å². The Balaban J connectivity index is 1.69. The van der Waals surface area contributed by atoms with Crippen LogP contribution in [-0.4, -0.2) is 33.7 Å². The number of nitriles is 1. The molecule has 3 heterocycles. The highest BCUT2D eigenvalue weighted by molar-refractivity contribution is 5.59. The molecule has 7 nitrogen and oxygen atoms in total. The summed E-state index contributed by atoms with van der Waals surface area (Å²) in [4.78, 5) is 15.7. The van der Waals surface area contributed by atoms with Gasteiger partial charge in [0, 0.05) is 12.2 Å². The molecule has 1 unspecified atom stereocenters. The number of aromatic nitrogens is 3. The monoisotopic (exact) mass is 349 g/mol. The molecular formula is C19H23N7. The van der Waals surface area contributed by atoms with Crippen molar-refractivity contribution in [3.05, 3.63) is 36.2 Å². The van der Waals surface area contributed by atoms with E-state index in [1.807, 2.05) is 23.1 Å². The lowest BCUT2D eigenvalue weighted by Crippen LogP contribution is -2.40. The Morgan fingerprint density at radius 3 is 2.73 bits per heavy atom. The Hall–Kier alpha value is -2.72. The molecule has 1 atom stereocenters. The SMILES string of the molecule is N#Cc1cnc(N(c2ccccn2)C2CCCN2)nc1NC1CCCC1. The Bertz CT molecular complexity index is 774. The van der Waals surface area contributed by atoms with Gasteiger partial charge in [-0.3, -0.25) is 10.2 Å². The Labute approximate surface area is 153 Å². The first-order valence-corrected chi connectivity index (χ1v) is 9.32. The smallest absolute Gasteiger partial charge is 0.234 e. The number of nitrogens with zero attached hydrogens (tertiary/aromatic N) is 5. The summed E-state index contributed by atoms with van der Waals surface area (Å²) in [7, 11) is 0. The van der Waals surface area contributed by atoms with E-state index in [0.29, 0.717) is 23.4 Å². The second-order valence-electron chi connectivity index (χ2n) is 6.84. The van der Waals surface area contributed by atoms with Gasteiger partial charge in [0.15, 0.2) is 0 Å². The molecule has 0 amide bonds. The molecule has 7 heteroatoms. The van der Waals surface area contributed by atoms with Crippen molar-refractivity contribution in [3.8, 4) is 6.07 Å². The van der Waals surface area contributed by atoms with Gasteiger partial charge >= 0.3 is 0 Å². The Morgan fingerprint density at radius 1 is 1.15 bits per heavy atom. The molecule has 1 saturated heterocycles. The standard InChI is InChI=1S/C19H23N7/c20-12-14-13-23-19(25-18(14)24-15-6-1-2-7-15)26(17-9-5-11-22-17)16-8-3-4-10-21-16/h3-4,8,10,13,15,17,22H,1-2,5-7,9,11H2,(H,23,24,25). The number of anilines is 3. The molecule has 1 aliphatic heterocycles. The van der Waals surface area contributed by atoms with Gasteiger partial charge in [0.1, 0.15) is 23.3 Å². The van der Waals surface area contributed by atoms with Crippen molar-refractivity contribution in [2.24, 2.45) is 0 Å². The highest BCUT2D eigenvalue weighted by Crippen LogP contribution is 2.29. The van der Waals surface area contributed by atoms with Crippen LogP contribution in [0, 0.1) is 11.3 Å². The first-order valence-electron chi connectivity index (χ1n) is 9.32. The summed E-state index contributed by atoms with van der Waals surface area (Å²) in [5.41, 5.74) is 0.487. The van der Waals surface area contributed by atoms with Gasteiger partial charge in [-0.25, -0.2) is 9.97 Å². The molecule has 2 N–H and O–H groups in total. The third-order valence-electron chi connectivity index (χ3n) is 5.05. The molecule has 2 fully saturated rings. The maximum absolute atomic E-state index is 9.44. The molecule has 1 aliphatic carbocycles. The lowest BCUT2D eigenvalue weighted by atomic mass is 10.2. The van der Waals surface area contributed by atoms with E-state index in [2.05, 4.69) is 26.7 Å². The van der Waals surface area contributed by atoms with Crippen molar-refractivity contribution in [2.45, 2.75) is 50.7 Å². The second kappa shape index (κ2) is 7.67. The zero-order chi connectivity index (χ0) is 17.8. The van der Waals surface area contributed by atoms with Crippen LogP contribution in [0.1, 0.15) is 44.1 Å². The summed E-state index contributed by atoms with van der Waals surface area (Å²) in [5, 5.41) is 16.4. The van der Waals surface area contributed by atoms with E-state index in [1.54, 1.807) is 12.4 Å². The number of hydrogen-bond acceptors (Lipinski definition) is 7. The van der Waals surface area contributed by atoms with E-state index in [0.717, 1.165) is 38.0 Å². The normalized spacial score (nSPS) is 20.0. The first kappa shape index (κ1) is 16.7.